The Morgan fingerprint density at radius 3 is 2.35 bits per heavy atom. The summed E-state index contributed by atoms with van der Waals surface area (Å²) < 4.78 is 6.08. The summed E-state index contributed by atoms with van der Waals surface area (Å²) in [5.74, 6) is 0. The maximum atomic E-state index is 6.08. The molecule has 0 amide bonds. The van der Waals surface area contributed by atoms with Crippen LogP contribution in [0.2, 0.25) is 0 Å². The van der Waals surface area contributed by atoms with Gasteiger partial charge < -0.3 is 15.4 Å². The molecule has 106 valence electrons. The number of anilines is 1. The second-order valence-electron chi connectivity index (χ2n) is 5.13. The van der Waals surface area contributed by atoms with Gasteiger partial charge in [0, 0.05) is 12.2 Å². The minimum Gasteiger partial charge on any atom is -0.399 e. The van der Waals surface area contributed by atoms with Gasteiger partial charge in [0.2, 0.25) is 0 Å². The van der Waals surface area contributed by atoms with E-state index in [4.69, 9.17) is 10.5 Å². The largest absolute Gasteiger partial charge is 0.399 e. The zero-order valence-electron chi connectivity index (χ0n) is 12.1. The molecule has 20 heavy (non-hydrogen) atoms. The molecule has 0 saturated carbocycles. The Balaban J connectivity index is 2.20. The van der Waals surface area contributed by atoms with Gasteiger partial charge in [-0.2, -0.15) is 0 Å². The summed E-state index contributed by atoms with van der Waals surface area (Å²) in [6.07, 6.45) is -0.0698. The van der Waals surface area contributed by atoms with Gasteiger partial charge in [-0.15, -0.1) is 0 Å². The van der Waals surface area contributed by atoms with Gasteiger partial charge in [-0.25, -0.2) is 0 Å². The highest BCUT2D eigenvalue weighted by atomic mass is 16.5. The Bertz CT molecular complexity index is 526. The number of likely N-dealkylation sites (N-methyl/N-ethyl adjacent to an activating group) is 1. The van der Waals surface area contributed by atoms with E-state index in [0.29, 0.717) is 6.61 Å². The van der Waals surface area contributed by atoms with E-state index in [9.17, 15) is 0 Å². The van der Waals surface area contributed by atoms with Gasteiger partial charge in [0.25, 0.3) is 0 Å². The molecule has 3 heteroatoms. The van der Waals surface area contributed by atoms with Gasteiger partial charge in [-0.05, 0) is 37.4 Å². The molecule has 1 unspecified atom stereocenters. The zero-order chi connectivity index (χ0) is 14.4. The van der Waals surface area contributed by atoms with Gasteiger partial charge in [0.05, 0.1) is 6.61 Å². The first-order valence-corrected chi connectivity index (χ1v) is 6.83. The van der Waals surface area contributed by atoms with Crippen molar-refractivity contribution < 1.29 is 4.74 Å². The number of nitrogens with two attached hydrogens (primary N) is 1. The van der Waals surface area contributed by atoms with Crippen LogP contribution in [0.25, 0.3) is 0 Å². The second kappa shape index (κ2) is 7.08. The minimum atomic E-state index is -0.0698. The van der Waals surface area contributed by atoms with Crippen LogP contribution in [0.3, 0.4) is 0 Å². The Morgan fingerprint density at radius 2 is 1.70 bits per heavy atom. The topological polar surface area (TPSA) is 38.5 Å². The molecule has 0 aliphatic heterocycles. The molecule has 0 aromatic heterocycles. The standard InChI is InChI=1S/C17H22N2O/c1-19(2)11-12-20-17(14-7-4-3-5-8-14)15-9-6-10-16(18)13-15/h3-10,13,17H,11-12,18H2,1-2H3. The molecule has 3 nitrogen and oxygen atoms in total. The number of rotatable bonds is 6. The normalized spacial score (nSPS) is 12.6. The van der Waals surface area contributed by atoms with E-state index in [0.717, 1.165) is 23.4 Å². The lowest BCUT2D eigenvalue weighted by atomic mass is 10.0. The summed E-state index contributed by atoms with van der Waals surface area (Å²) >= 11 is 0. The Morgan fingerprint density at radius 1 is 1.00 bits per heavy atom. The zero-order valence-corrected chi connectivity index (χ0v) is 12.1. The fraction of sp³-hybridized carbons (Fsp3) is 0.294. The van der Waals surface area contributed by atoms with Crippen molar-refractivity contribution in [2.24, 2.45) is 0 Å². The van der Waals surface area contributed by atoms with Gasteiger partial charge in [0.1, 0.15) is 6.10 Å². The van der Waals surface area contributed by atoms with Crippen molar-refractivity contribution in [2.45, 2.75) is 6.10 Å². The van der Waals surface area contributed by atoms with Crippen molar-refractivity contribution in [2.75, 3.05) is 33.0 Å². The molecule has 1 atom stereocenters. The number of nitrogen functional groups attached to an aromatic ring is 1. The molecule has 0 bridgehead atoms. The van der Waals surface area contributed by atoms with Crippen molar-refractivity contribution in [1.29, 1.82) is 0 Å². The average molecular weight is 270 g/mol. The maximum absolute atomic E-state index is 6.08. The monoisotopic (exact) mass is 270 g/mol. The molecule has 0 saturated heterocycles. The predicted molar refractivity (Wildman–Crippen MR) is 83.6 cm³/mol. The first-order chi connectivity index (χ1) is 9.66. The summed E-state index contributed by atoms with van der Waals surface area (Å²) in [6, 6.07) is 18.2. The van der Waals surface area contributed by atoms with Crippen LogP contribution in [0.5, 0.6) is 0 Å². The molecular formula is C17H22N2O. The predicted octanol–water partition coefficient (Wildman–Crippen LogP) is 2.94. The number of hydrogen-bond acceptors (Lipinski definition) is 3. The smallest absolute Gasteiger partial charge is 0.108 e. The molecular weight excluding hydrogens is 248 g/mol. The van der Waals surface area contributed by atoms with Gasteiger partial charge in [-0.3, -0.25) is 0 Å². The van der Waals surface area contributed by atoms with Crippen LogP contribution in [0.1, 0.15) is 17.2 Å². The molecule has 0 fully saturated rings. The molecule has 0 radical (unpaired) electrons. The highest BCUT2D eigenvalue weighted by Gasteiger charge is 2.14. The van der Waals surface area contributed by atoms with Crippen molar-refractivity contribution in [3.05, 3.63) is 65.7 Å². The van der Waals surface area contributed by atoms with Crippen molar-refractivity contribution in [3.8, 4) is 0 Å². The summed E-state index contributed by atoms with van der Waals surface area (Å²) in [5, 5.41) is 0. The van der Waals surface area contributed by atoms with Gasteiger partial charge in [0.15, 0.2) is 0 Å². The number of benzene rings is 2. The van der Waals surface area contributed by atoms with Crippen LogP contribution in [-0.4, -0.2) is 32.1 Å². The average Bonchev–Trinajstić information content (AvgIpc) is 2.44. The molecule has 0 spiro atoms. The quantitative estimate of drug-likeness (QED) is 0.820. The van der Waals surface area contributed by atoms with Crippen molar-refractivity contribution >= 4 is 5.69 Å². The Hall–Kier alpha value is -1.84. The van der Waals surface area contributed by atoms with Crippen LogP contribution in [-0.2, 0) is 4.74 Å². The fourth-order valence-corrected chi connectivity index (χ4v) is 2.09. The number of ether oxygens (including phenoxy) is 1. The second-order valence-corrected chi connectivity index (χ2v) is 5.13. The molecule has 0 aliphatic carbocycles. The third-order valence-corrected chi connectivity index (χ3v) is 3.14. The van der Waals surface area contributed by atoms with Gasteiger partial charge >= 0.3 is 0 Å². The number of nitrogens with zero attached hydrogens (tertiary/aromatic N) is 1. The van der Waals surface area contributed by atoms with Crippen LogP contribution < -0.4 is 5.73 Å². The molecule has 2 rings (SSSR count). The van der Waals surface area contributed by atoms with E-state index in [1.54, 1.807) is 0 Å². The summed E-state index contributed by atoms with van der Waals surface area (Å²) in [7, 11) is 4.09. The highest BCUT2D eigenvalue weighted by molar-refractivity contribution is 5.43. The third kappa shape index (κ3) is 4.08. The highest BCUT2D eigenvalue weighted by Crippen LogP contribution is 2.27. The fourth-order valence-electron chi connectivity index (χ4n) is 2.09. The van der Waals surface area contributed by atoms with Crippen LogP contribution >= 0.6 is 0 Å². The lowest BCUT2D eigenvalue weighted by molar-refractivity contribution is 0.0687. The SMILES string of the molecule is CN(C)CCOC(c1ccccc1)c1cccc(N)c1. The van der Waals surface area contributed by atoms with E-state index in [2.05, 4.69) is 23.1 Å². The van der Waals surface area contributed by atoms with E-state index >= 15 is 0 Å². The third-order valence-electron chi connectivity index (χ3n) is 3.14. The van der Waals surface area contributed by atoms with Gasteiger partial charge in [-0.1, -0.05) is 42.5 Å². The van der Waals surface area contributed by atoms with E-state index in [-0.39, 0.29) is 6.10 Å². The van der Waals surface area contributed by atoms with E-state index in [1.807, 2.05) is 50.5 Å². The molecule has 0 heterocycles. The lowest BCUT2D eigenvalue weighted by Gasteiger charge is -2.20. The van der Waals surface area contributed by atoms with Crippen LogP contribution in [0, 0.1) is 0 Å². The number of hydrogen-bond donors (Lipinski definition) is 1. The van der Waals surface area contributed by atoms with Crippen LogP contribution in [0.15, 0.2) is 54.6 Å². The van der Waals surface area contributed by atoms with Crippen LogP contribution in [0.4, 0.5) is 5.69 Å². The molecule has 2 aromatic rings. The summed E-state index contributed by atoms with van der Waals surface area (Å²) in [4.78, 5) is 2.11. The van der Waals surface area contributed by atoms with E-state index < -0.39 is 0 Å². The Labute approximate surface area is 121 Å². The Kier molecular flexibility index (Phi) is 5.16. The van der Waals surface area contributed by atoms with E-state index in [1.165, 1.54) is 0 Å². The molecule has 0 aliphatic rings. The summed E-state index contributed by atoms with van der Waals surface area (Å²) in [5.41, 5.74) is 8.89. The minimum absolute atomic E-state index is 0.0698. The maximum Gasteiger partial charge on any atom is 0.108 e. The first kappa shape index (κ1) is 14.6. The first-order valence-electron chi connectivity index (χ1n) is 6.83. The molecule has 2 N–H and O–H groups in total. The van der Waals surface area contributed by atoms with Crippen molar-refractivity contribution in [1.82, 2.24) is 4.90 Å². The van der Waals surface area contributed by atoms with Crippen molar-refractivity contribution in [3.63, 3.8) is 0 Å². The molecule has 2 aromatic carbocycles. The summed E-state index contributed by atoms with van der Waals surface area (Å²) in [6.45, 7) is 1.58. The lowest BCUT2D eigenvalue weighted by Crippen LogP contribution is -2.20.